The van der Waals surface area contributed by atoms with Gasteiger partial charge in [-0.15, -0.1) is 0 Å². The Morgan fingerprint density at radius 3 is 2.55 bits per heavy atom. The molecule has 0 fully saturated rings. The zero-order valence-corrected chi connectivity index (χ0v) is 12.4. The number of aryl methyl sites for hydroxylation is 1. The van der Waals surface area contributed by atoms with Crippen molar-refractivity contribution in [1.29, 1.82) is 0 Å². The molecule has 0 saturated heterocycles. The monoisotopic (exact) mass is 342 g/mol. The highest BCUT2D eigenvalue weighted by Crippen LogP contribution is 2.17. The number of amides is 2. The maximum atomic E-state index is 12.0. The number of carboxylic acids is 1. The van der Waals surface area contributed by atoms with Crippen LogP contribution < -0.4 is 11.1 Å². The quantitative estimate of drug-likeness (QED) is 0.721. The number of primary amides is 1. The minimum absolute atomic E-state index is 0.0383. The summed E-state index contributed by atoms with van der Waals surface area (Å²) in [5.41, 5.74) is 6.27. The van der Waals surface area contributed by atoms with E-state index >= 15 is 0 Å². The molecule has 6 nitrogen and oxygen atoms in total. The normalized spacial score (nSPS) is 11.7. The van der Waals surface area contributed by atoms with Crippen LogP contribution in [0.1, 0.15) is 28.8 Å². The van der Waals surface area contributed by atoms with Crippen LogP contribution in [0.25, 0.3) is 0 Å². The van der Waals surface area contributed by atoms with Gasteiger partial charge in [0.15, 0.2) is 0 Å². The standard InChI is InChI=1S/C13H15BrN2O4/c1-7-2-3-8(6-9(7)14)12(18)16-10(13(19)20)4-5-11(15)17/h2-3,6,10H,4-5H2,1H3,(H2,15,17)(H,16,18)(H,19,20)/t10-/m1/s1. The fraction of sp³-hybridized carbons (Fsp3) is 0.308. The molecule has 0 radical (unpaired) electrons. The summed E-state index contributed by atoms with van der Waals surface area (Å²) in [5, 5.41) is 11.4. The predicted octanol–water partition coefficient (Wildman–Crippen LogP) is 1.21. The van der Waals surface area contributed by atoms with Crippen LogP contribution in [-0.4, -0.2) is 28.9 Å². The summed E-state index contributed by atoms with van der Waals surface area (Å²) in [6, 6.07) is 3.81. The van der Waals surface area contributed by atoms with Crippen LogP contribution >= 0.6 is 15.9 Å². The second-order valence-electron chi connectivity index (χ2n) is 4.33. The smallest absolute Gasteiger partial charge is 0.326 e. The van der Waals surface area contributed by atoms with Gasteiger partial charge in [-0.1, -0.05) is 22.0 Å². The van der Waals surface area contributed by atoms with E-state index in [2.05, 4.69) is 21.2 Å². The number of nitrogens with two attached hydrogens (primary N) is 1. The Kier molecular flexibility index (Phi) is 5.69. The number of hydrogen-bond donors (Lipinski definition) is 3. The number of halogens is 1. The van der Waals surface area contributed by atoms with Gasteiger partial charge in [-0.05, 0) is 31.0 Å². The Balaban J connectivity index is 2.77. The van der Waals surface area contributed by atoms with Crippen LogP contribution in [0.15, 0.2) is 22.7 Å². The zero-order valence-electron chi connectivity index (χ0n) is 10.9. The molecule has 0 bridgehead atoms. The van der Waals surface area contributed by atoms with Crippen molar-refractivity contribution >= 4 is 33.7 Å². The third kappa shape index (κ3) is 4.65. The minimum Gasteiger partial charge on any atom is -0.480 e. The third-order valence-corrected chi connectivity index (χ3v) is 3.57. The van der Waals surface area contributed by atoms with Gasteiger partial charge >= 0.3 is 5.97 Å². The molecule has 0 spiro atoms. The van der Waals surface area contributed by atoms with E-state index in [0.29, 0.717) is 5.56 Å². The van der Waals surface area contributed by atoms with E-state index in [4.69, 9.17) is 10.8 Å². The first-order valence-electron chi connectivity index (χ1n) is 5.89. The van der Waals surface area contributed by atoms with E-state index < -0.39 is 23.8 Å². The predicted molar refractivity (Wildman–Crippen MR) is 76.2 cm³/mol. The summed E-state index contributed by atoms with van der Waals surface area (Å²) in [6.45, 7) is 1.87. The Morgan fingerprint density at radius 2 is 2.05 bits per heavy atom. The lowest BCUT2D eigenvalue weighted by Crippen LogP contribution is -2.41. The van der Waals surface area contributed by atoms with Gasteiger partial charge in [0.05, 0.1) is 0 Å². The molecule has 0 aromatic heterocycles. The summed E-state index contributed by atoms with van der Waals surface area (Å²) >= 11 is 3.30. The molecule has 0 unspecified atom stereocenters. The van der Waals surface area contributed by atoms with Crippen molar-refractivity contribution < 1.29 is 19.5 Å². The molecule has 7 heteroatoms. The molecule has 108 valence electrons. The van der Waals surface area contributed by atoms with Gasteiger partial charge in [0.1, 0.15) is 6.04 Å². The van der Waals surface area contributed by atoms with Crippen molar-refractivity contribution in [1.82, 2.24) is 5.32 Å². The molecular formula is C13H15BrN2O4. The maximum Gasteiger partial charge on any atom is 0.326 e. The summed E-state index contributed by atoms with van der Waals surface area (Å²) in [4.78, 5) is 33.7. The molecule has 20 heavy (non-hydrogen) atoms. The minimum atomic E-state index is -1.20. The van der Waals surface area contributed by atoms with E-state index in [1.807, 2.05) is 6.92 Å². The molecule has 1 atom stereocenters. The van der Waals surface area contributed by atoms with Gasteiger partial charge in [0.25, 0.3) is 5.91 Å². The van der Waals surface area contributed by atoms with Gasteiger partial charge in [0.2, 0.25) is 5.91 Å². The first-order chi connectivity index (χ1) is 9.31. The van der Waals surface area contributed by atoms with Crippen LogP contribution in [0.3, 0.4) is 0 Å². The molecule has 0 aliphatic rings. The maximum absolute atomic E-state index is 12.0. The van der Waals surface area contributed by atoms with Crippen LogP contribution in [0, 0.1) is 6.92 Å². The first-order valence-corrected chi connectivity index (χ1v) is 6.68. The van der Waals surface area contributed by atoms with Crippen molar-refractivity contribution in [3.8, 4) is 0 Å². The number of hydrogen-bond acceptors (Lipinski definition) is 3. The average Bonchev–Trinajstić information content (AvgIpc) is 2.36. The number of aliphatic carboxylic acids is 1. The molecular weight excluding hydrogens is 328 g/mol. The fourth-order valence-corrected chi connectivity index (χ4v) is 1.90. The average molecular weight is 343 g/mol. The molecule has 1 aromatic rings. The third-order valence-electron chi connectivity index (χ3n) is 2.72. The zero-order chi connectivity index (χ0) is 15.3. The van der Waals surface area contributed by atoms with Crippen molar-refractivity contribution in [3.05, 3.63) is 33.8 Å². The number of carbonyl (C=O) groups is 3. The highest BCUT2D eigenvalue weighted by atomic mass is 79.9. The number of rotatable bonds is 6. The molecule has 0 heterocycles. The summed E-state index contributed by atoms with van der Waals surface area (Å²) < 4.78 is 0.758. The van der Waals surface area contributed by atoms with Gasteiger partial charge < -0.3 is 16.2 Å². The molecule has 4 N–H and O–H groups in total. The van der Waals surface area contributed by atoms with Crippen molar-refractivity contribution in [2.45, 2.75) is 25.8 Å². The second kappa shape index (κ2) is 7.04. The molecule has 0 aliphatic heterocycles. The number of carbonyl (C=O) groups excluding carboxylic acids is 2. The van der Waals surface area contributed by atoms with E-state index in [1.54, 1.807) is 18.2 Å². The van der Waals surface area contributed by atoms with Crippen LogP contribution in [0.2, 0.25) is 0 Å². The Hall–Kier alpha value is -1.89. The van der Waals surface area contributed by atoms with Crippen molar-refractivity contribution in [2.75, 3.05) is 0 Å². The van der Waals surface area contributed by atoms with Crippen molar-refractivity contribution in [3.63, 3.8) is 0 Å². The summed E-state index contributed by atoms with van der Waals surface area (Å²) in [6.07, 6.45) is -0.141. The molecule has 0 aliphatic carbocycles. The van der Waals surface area contributed by atoms with Gasteiger partial charge in [-0.2, -0.15) is 0 Å². The Morgan fingerprint density at radius 1 is 1.40 bits per heavy atom. The lowest BCUT2D eigenvalue weighted by molar-refractivity contribution is -0.139. The lowest BCUT2D eigenvalue weighted by Gasteiger charge is -2.14. The van der Waals surface area contributed by atoms with Gasteiger partial charge in [-0.3, -0.25) is 9.59 Å². The SMILES string of the molecule is Cc1ccc(C(=O)N[C@H](CCC(N)=O)C(=O)O)cc1Br. The fourth-order valence-electron chi connectivity index (χ4n) is 1.52. The Bertz CT molecular complexity index is 545. The van der Waals surface area contributed by atoms with Crippen LogP contribution in [-0.2, 0) is 9.59 Å². The van der Waals surface area contributed by atoms with E-state index in [9.17, 15) is 14.4 Å². The molecule has 1 aromatic carbocycles. The van der Waals surface area contributed by atoms with E-state index in [-0.39, 0.29) is 12.8 Å². The second-order valence-corrected chi connectivity index (χ2v) is 5.19. The summed E-state index contributed by atoms with van der Waals surface area (Å²) in [7, 11) is 0. The lowest BCUT2D eigenvalue weighted by atomic mass is 10.1. The summed E-state index contributed by atoms with van der Waals surface area (Å²) in [5.74, 6) is -2.32. The molecule has 0 saturated carbocycles. The number of benzene rings is 1. The highest BCUT2D eigenvalue weighted by molar-refractivity contribution is 9.10. The van der Waals surface area contributed by atoms with Crippen molar-refractivity contribution in [2.24, 2.45) is 5.73 Å². The molecule has 1 rings (SSSR count). The number of carboxylic acid groups (broad SMARTS) is 1. The van der Waals surface area contributed by atoms with Gasteiger partial charge in [-0.25, -0.2) is 4.79 Å². The first kappa shape index (κ1) is 16.2. The van der Waals surface area contributed by atoms with E-state index in [1.165, 1.54) is 0 Å². The Labute approximate surface area is 124 Å². The topological polar surface area (TPSA) is 109 Å². The van der Waals surface area contributed by atoms with Crippen LogP contribution in [0.5, 0.6) is 0 Å². The van der Waals surface area contributed by atoms with Crippen LogP contribution in [0.4, 0.5) is 0 Å². The molecule has 2 amide bonds. The van der Waals surface area contributed by atoms with Gasteiger partial charge in [0, 0.05) is 16.5 Å². The van der Waals surface area contributed by atoms with E-state index in [0.717, 1.165) is 10.0 Å². The highest BCUT2D eigenvalue weighted by Gasteiger charge is 2.21. The largest absolute Gasteiger partial charge is 0.480 e. The number of nitrogens with one attached hydrogen (secondary N) is 1.